The molecule has 26 heavy (non-hydrogen) atoms. The van der Waals surface area contributed by atoms with Crippen LogP contribution in [0.5, 0.6) is 0 Å². The number of Topliss-reactive ketones (excluding diaryl/α,β-unsaturated/α-hetero) is 1. The van der Waals surface area contributed by atoms with Gasteiger partial charge in [-0.2, -0.15) is 0 Å². The lowest BCUT2D eigenvalue weighted by Gasteiger charge is -2.23. The van der Waals surface area contributed by atoms with E-state index in [1.54, 1.807) is 6.92 Å². The summed E-state index contributed by atoms with van der Waals surface area (Å²) in [5.74, 6) is -1.13. The van der Waals surface area contributed by atoms with Crippen LogP contribution in [0, 0.1) is 17.6 Å². The van der Waals surface area contributed by atoms with Gasteiger partial charge in [-0.15, -0.1) is 11.8 Å². The van der Waals surface area contributed by atoms with Crippen LogP contribution in [0.4, 0.5) is 8.78 Å². The first-order valence-corrected chi connectivity index (χ1v) is 9.67. The number of ketones is 1. The maximum Gasteiger partial charge on any atom is 0.168 e. The highest BCUT2D eigenvalue weighted by molar-refractivity contribution is 7.99. The lowest BCUT2D eigenvalue weighted by atomic mass is 9.83. The second kappa shape index (κ2) is 9.71. The maximum atomic E-state index is 13.2. The number of halogens is 2. The van der Waals surface area contributed by atoms with E-state index in [1.165, 1.54) is 23.9 Å². The Kier molecular flexibility index (Phi) is 7.63. The molecule has 0 amide bonds. The quantitative estimate of drug-likeness (QED) is 0.388. The smallest absolute Gasteiger partial charge is 0.168 e. The van der Waals surface area contributed by atoms with Gasteiger partial charge in [-0.05, 0) is 49.6 Å². The van der Waals surface area contributed by atoms with E-state index in [0.717, 1.165) is 6.07 Å². The standard InChI is InChI=1S/C19H23F2NO3S/c1-3-16(22-25-4-2)19-17(23)9-12(10-18(19)24)7-8-26-13-5-6-14(20)15(21)11-13/h5-6,11-12,23H,3-4,7-10H2,1-2H3/b22-16-. The normalized spacial score (nSPS) is 18.4. The third kappa shape index (κ3) is 5.30. The van der Waals surface area contributed by atoms with E-state index in [1.807, 2.05) is 6.92 Å². The number of rotatable bonds is 8. The highest BCUT2D eigenvalue weighted by Gasteiger charge is 2.30. The number of carbonyl (C=O) groups is 1. The number of nitrogens with zero attached hydrogens (tertiary/aromatic N) is 1. The zero-order valence-corrected chi connectivity index (χ0v) is 15.7. The number of oxime groups is 1. The van der Waals surface area contributed by atoms with Gasteiger partial charge in [0.2, 0.25) is 0 Å². The van der Waals surface area contributed by atoms with Gasteiger partial charge in [0.1, 0.15) is 12.4 Å². The Balaban J connectivity index is 1.95. The van der Waals surface area contributed by atoms with Gasteiger partial charge in [0.15, 0.2) is 17.4 Å². The molecule has 4 nitrogen and oxygen atoms in total. The van der Waals surface area contributed by atoms with Gasteiger partial charge in [-0.3, -0.25) is 4.79 Å². The van der Waals surface area contributed by atoms with Crippen molar-refractivity contribution < 1.29 is 23.5 Å². The summed E-state index contributed by atoms with van der Waals surface area (Å²) in [7, 11) is 0. The lowest BCUT2D eigenvalue weighted by molar-refractivity contribution is -0.116. The summed E-state index contributed by atoms with van der Waals surface area (Å²) in [6, 6.07) is 3.80. The van der Waals surface area contributed by atoms with E-state index in [9.17, 15) is 18.7 Å². The maximum absolute atomic E-state index is 13.2. The number of thioether (sulfide) groups is 1. The van der Waals surface area contributed by atoms with Crippen LogP contribution in [-0.2, 0) is 9.63 Å². The fraction of sp³-hybridized carbons (Fsp3) is 0.474. The van der Waals surface area contributed by atoms with Gasteiger partial charge in [-0.25, -0.2) is 8.78 Å². The molecular weight excluding hydrogens is 360 g/mol. The average Bonchev–Trinajstić information content (AvgIpc) is 2.60. The summed E-state index contributed by atoms with van der Waals surface area (Å²) in [4.78, 5) is 18.1. The average molecular weight is 383 g/mol. The van der Waals surface area contributed by atoms with Crippen LogP contribution in [0.25, 0.3) is 0 Å². The molecule has 1 aliphatic rings. The molecule has 1 N–H and O–H groups in total. The van der Waals surface area contributed by atoms with Crippen molar-refractivity contribution >= 4 is 23.3 Å². The van der Waals surface area contributed by atoms with Gasteiger partial charge in [0, 0.05) is 17.7 Å². The molecule has 0 fully saturated rings. The first-order chi connectivity index (χ1) is 12.5. The van der Waals surface area contributed by atoms with Crippen molar-refractivity contribution in [2.24, 2.45) is 11.1 Å². The molecule has 0 aliphatic heterocycles. The molecule has 1 aromatic rings. The van der Waals surface area contributed by atoms with Crippen molar-refractivity contribution in [1.82, 2.24) is 0 Å². The Hall–Kier alpha value is -1.89. The molecule has 1 aliphatic carbocycles. The molecule has 0 saturated carbocycles. The molecule has 1 atom stereocenters. The van der Waals surface area contributed by atoms with Crippen LogP contribution >= 0.6 is 11.8 Å². The molecule has 0 heterocycles. The third-order valence-corrected chi connectivity index (χ3v) is 5.16. The van der Waals surface area contributed by atoms with Crippen molar-refractivity contribution in [1.29, 1.82) is 0 Å². The van der Waals surface area contributed by atoms with Gasteiger partial charge >= 0.3 is 0 Å². The number of hydrogen-bond donors (Lipinski definition) is 1. The number of benzene rings is 1. The van der Waals surface area contributed by atoms with Gasteiger partial charge < -0.3 is 9.94 Å². The number of hydrogen-bond acceptors (Lipinski definition) is 5. The Bertz CT molecular complexity index is 719. The summed E-state index contributed by atoms with van der Waals surface area (Å²) >= 11 is 1.40. The lowest BCUT2D eigenvalue weighted by Crippen LogP contribution is -2.25. The predicted octanol–water partition coefficient (Wildman–Crippen LogP) is 5.04. The van der Waals surface area contributed by atoms with Crippen molar-refractivity contribution in [2.45, 2.75) is 44.4 Å². The molecule has 0 radical (unpaired) electrons. The molecular formula is C19H23F2NO3S. The highest BCUT2D eigenvalue weighted by atomic mass is 32.2. The Labute approximate surface area is 156 Å². The van der Waals surface area contributed by atoms with Gasteiger partial charge in [0.05, 0.1) is 11.3 Å². The van der Waals surface area contributed by atoms with Gasteiger partial charge in [0.25, 0.3) is 0 Å². The molecule has 142 valence electrons. The second-order valence-electron chi connectivity index (χ2n) is 6.04. The molecule has 7 heteroatoms. The van der Waals surface area contributed by atoms with Crippen molar-refractivity contribution in [3.63, 3.8) is 0 Å². The fourth-order valence-electron chi connectivity index (χ4n) is 2.84. The molecule has 0 spiro atoms. The van der Waals surface area contributed by atoms with Crippen LogP contribution in [0.1, 0.15) is 39.5 Å². The second-order valence-corrected chi connectivity index (χ2v) is 7.21. The minimum Gasteiger partial charge on any atom is -0.511 e. The van der Waals surface area contributed by atoms with E-state index in [0.29, 0.717) is 48.7 Å². The molecule has 0 bridgehead atoms. The first kappa shape index (κ1) is 20.4. The highest BCUT2D eigenvalue weighted by Crippen LogP contribution is 2.31. The molecule has 0 aromatic heterocycles. The zero-order chi connectivity index (χ0) is 19.1. The number of allylic oxidation sites excluding steroid dienone is 2. The Morgan fingerprint density at radius 3 is 2.69 bits per heavy atom. The summed E-state index contributed by atoms with van der Waals surface area (Å²) in [6.07, 6.45) is 1.94. The van der Waals surface area contributed by atoms with E-state index in [4.69, 9.17) is 4.84 Å². The summed E-state index contributed by atoms with van der Waals surface area (Å²) in [5.41, 5.74) is 0.759. The Morgan fingerprint density at radius 1 is 1.31 bits per heavy atom. The topological polar surface area (TPSA) is 58.9 Å². The van der Waals surface area contributed by atoms with E-state index in [2.05, 4.69) is 5.16 Å². The monoisotopic (exact) mass is 383 g/mol. The predicted molar refractivity (Wildman–Crippen MR) is 98.4 cm³/mol. The first-order valence-electron chi connectivity index (χ1n) is 8.68. The molecule has 2 rings (SSSR count). The van der Waals surface area contributed by atoms with Crippen molar-refractivity contribution in [3.8, 4) is 0 Å². The van der Waals surface area contributed by atoms with E-state index >= 15 is 0 Å². The summed E-state index contributed by atoms with van der Waals surface area (Å²) in [6.45, 7) is 4.06. The van der Waals surface area contributed by atoms with Crippen LogP contribution in [0.15, 0.2) is 39.6 Å². The largest absolute Gasteiger partial charge is 0.511 e. The SMILES string of the molecule is CCO/N=C(/CC)C1=C(O)CC(CCSc2ccc(F)c(F)c2)CC1=O. The van der Waals surface area contributed by atoms with Crippen molar-refractivity contribution in [3.05, 3.63) is 41.2 Å². The van der Waals surface area contributed by atoms with Crippen molar-refractivity contribution in [2.75, 3.05) is 12.4 Å². The third-order valence-electron chi connectivity index (χ3n) is 4.14. The number of aliphatic hydroxyl groups excluding tert-OH is 1. The molecule has 0 saturated heterocycles. The van der Waals surface area contributed by atoms with E-state index in [-0.39, 0.29) is 23.0 Å². The van der Waals surface area contributed by atoms with Crippen LogP contribution < -0.4 is 0 Å². The van der Waals surface area contributed by atoms with E-state index < -0.39 is 11.6 Å². The summed E-state index contributed by atoms with van der Waals surface area (Å²) < 4.78 is 26.1. The zero-order valence-electron chi connectivity index (χ0n) is 14.9. The van der Waals surface area contributed by atoms with Crippen LogP contribution in [-0.4, -0.2) is 29.0 Å². The fourth-order valence-corrected chi connectivity index (χ4v) is 3.88. The summed E-state index contributed by atoms with van der Waals surface area (Å²) in [5, 5.41) is 14.3. The number of aliphatic hydroxyl groups is 1. The van der Waals surface area contributed by atoms with Crippen LogP contribution in [0.3, 0.4) is 0 Å². The minimum atomic E-state index is -0.867. The Morgan fingerprint density at radius 2 is 2.08 bits per heavy atom. The molecule has 1 unspecified atom stereocenters. The van der Waals surface area contributed by atoms with Crippen LogP contribution in [0.2, 0.25) is 0 Å². The minimum absolute atomic E-state index is 0.0224. The van der Waals surface area contributed by atoms with Gasteiger partial charge in [-0.1, -0.05) is 12.1 Å². The molecule has 1 aromatic carbocycles. The number of carbonyl (C=O) groups excluding carboxylic acids is 1.